The Morgan fingerprint density at radius 3 is 2.52 bits per heavy atom. The van der Waals surface area contributed by atoms with Crippen molar-refractivity contribution in [1.29, 1.82) is 0 Å². The highest BCUT2D eigenvalue weighted by Gasteiger charge is 2.17. The van der Waals surface area contributed by atoms with Crippen LogP contribution in [-0.2, 0) is 17.9 Å². The van der Waals surface area contributed by atoms with Crippen molar-refractivity contribution in [2.75, 3.05) is 13.1 Å². The Morgan fingerprint density at radius 2 is 1.92 bits per heavy atom. The average Bonchev–Trinajstić information content (AvgIpc) is 2.86. The number of carbonyl (C=O) groups excluding carboxylic acids is 1. The molecule has 1 saturated heterocycles. The number of hydrogen-bond acceptors (Lipinski definition) is 3. The maximum Gasteiger partial charge on any atom is 0.329 e. The van der Waals surface area contributed by atoms with Crippen molar-refractivity contribution in [3.8, 4) is 0 Å². The van der Waals surface area contributed by atoms with E-state index in [1.165, 1.54) is 0 Å². The molecule has 3 rings (SSSR count). The molecular formula is C18H27ClN4O2. The zero-order valence-electron chi connectivity index (χ0n) is 14.7. The van der Waals surface area contributed by atoms with Crippen molar-refractivity contribution in [2.45, 2.75) is 51.7 Å². The average molecular weight is 367 g/mol. The lowest BCUT2D eigenvalue weighted by Gasteiger charge is -2.23. The lowest BCUT2D eigenvalue weighted by atomic mass is 10.1. The molecule has 6 nitrogen and oxygen atoms in total. The van der Waals surface area contributed by atoms with Gasteiger partial charge in [-0.15, -0.1) is 12.4 Å². The molecule has 138 valence electrons. The Kier molecular flexibility index (Phi) is 7.08. The summed E-state index contributed by atoms with van der Waals surface area (Å²) in [4.78, 5) is 24.9. The predicted octanol–water partition coefficient (Wildman–Crippen LogP) is 1.89. The fourth-order valence-corrected chi connectivity index (χ4v) is 3.42. The fourth-order valence-electron chi connectivity index (χ4n) is 3.42. The highest BCUT2D eigenvalue weighted by atomic mass is 35.5. The molecule has 1 fully saturated rings. The number of carbonyl (C=O) groups is 1. The fraction of sp³-hybridized carbons (Fsp3) is 0.556. The van der Waals surface area contributed by atoms with Gasteiger partial charge in [0.2, 0.25) is 5.91 Å². The number of imidazole rings is 1. The standard InChI is InChI=1S/C18H26N4O2.ClH/c1-2-11-21-15-7-3-4-8-16(15)22(18(21)24)12-9-17(23)20-14-6-5-10-19-13-14;/h3-4,7-8,14,19H,2,5-6,9-13H2,1H3,(H,20,23);1H. The maximum atomic E-state index is 12.7. The number of halogens is 1. The molecule has 2 heterocycles. The summed E-state index contributed by atoms with van der Waals surface area (Å²) in [6, 6.07) is 8.01. The highest BCUT2D eigenvalue weighted by Crippen LogP contribution is 2.13. The molecule has 0 spiro atoms. The van der Waals surface area contributed by atoms with Crippen LogP contribution in [0.25, 0.3) is 11.0 Å². The van der Waals surface area contributed by atoms with Gasteiger partial charge < -0.3 is 10.6 Å². The summed E-state index contributed by atoms with van der Waals surface area (Å²) in [5, 5.41) is 6.36. The normalized spacial score (nSPS) is 17.2. The minimum Gasteiger partial charge on any atom is -0.352 e. The first kappa shape index (κ1) is 19.5. The van der Waals surface area contributed by atoms with Gasteiger partial charge in [-0.1, -0.05) is 19.1 Å². The number of piperidine rings is 1. The molecule has 0 aliphatic carbocycles. The second kappa shape index (κ2) is 9.06. The Morgan fingerprint density at radius 1 is 1.24 bits per heavy atom. The van der Waals surface area contributed by atoms with Gasteiger partial charge in [0.25, 0.3) is 0 Å². The van der Waals surface area contributed by atoms with E-state index in [2.05, 4.69) is 17.6 Å². The Balaban J connectivity index is 0.00000225. The monoisotopic (exact) mass is 366 g/mol. The smallest absolute Gasteiger partial charge is 0.329 e. The van der Waals surface area contributed by atoms with Gasteiger partial charge in [0.05, 0.1) is 11.0 Å². The first-order valence-corrected chi connectivity index (χ1v) is 8.89. The van der Waals surface area contributed by atoms with E-state index < -0.39 is 0 Å². The van der Waals surface area contributed by atoms with Crippen molar-refractivity contribution >= 4 is 29.3 Å². The zero-order valence-corrected chi connectivity index (χ0v) is 15.5. The molecule has 1 aromatic heterocycles. The van der Waals surface area contributed by atoms with E-state index in [1.54, 1.807) is 9.13 Å². The first-order valence-electron chi connectivity index (χ1n) is 8.89. The second-order valence-electron chi connectivity index (χ2n) is 6.44. The third-order valence-corrected chi connectivity index (χ3v) is 4.60. The van der Waals surface area contributed by atoms with Gasteiger partial charge in [-0.05, 0) is 37.9 Å². The van der Waals surface area contributed by atoms with Crippen LogP contribution in [0.15, 0.2) is 29.1 Å². The van der Waals surface area contributed by atoms with Gasteiger partial charge in [-0.2, -0.15) is 0 Å². The van der Waals surface area contributed by atoms with E-state index in [4.69, 9.17) is 0 Å². The summed E-state index contributed by atoms with van der Waals surface area (Å²) in [7, 11) is 0. The number of para-hydroxylation sites is 2. The maximum absolute atomic E-state index is 12.7. The molecule has 2 N–H and O–H groups in total. The summed E-state index contributed by atoms with van der Waals surface area (Å²) in [5.74, 6) is 0.0166. The van der Waals surface area contributed by atoms with E-state index in [-0.39, 0.29) is 30.0 Å². The van der Waals surface area contributed by atoms with E-state index >= 15 is 0 Å². The number of fused-ring (bicyclic) bond motifs is 1. The highest BCUT2D eigenvalue weighted by molar-refractivity contribution is 5.85. The number of nitrogens with one attached hydrogen (secondary N) is 2. The van der Waals surface area contributed by atoms with Gasteiger partial charge >= 0.3 is 5.69 Å². The summed E-state index contributed by atoms with van der Waals surface area (Å²) in [5.41, 5.74) is 1.83. The Hall–Kier alpha value is -1.79. The predicted molar refractivity (Wildman–Crippen MR) is 102 cm³/mol. The first-order chi connectivity index (χ1) is 11.7. The third-order valence-electron chi connectivity index (χ3n) is 4.60. The number of rotatable bonds is 6. The van der Waals surface area contributed by atoms with Gasteiger partial charge in [0.15, 0.2) is 0 Å². The molecule has 1 amide bonds. The molecule has 1 aliphatic heterocycles. The largest absolute Gasteiger partial charge is 0.352 e. The number of aryl methyl sites for hydroxylation is 2. The van der Waals surface area contributed by atoms with Crippen LogP contribution in [0.4, 0.5) is 0 Å². The molecule has 1 aromatic carbocycles. The van der Waals surface area contributed by atoms with Gasteiger partial charge in [0.1, 0.15) is 0 Å². The number of amides is 1. The van der Waals surface area contributed by atoms with Crippen LogP contribution in [0.5, 0.6) is 0 Å². The van der Waals surface area contributed by atoms with Crippen LogP contribution in [0, 0.1) is 0 Å². The second-order valence-corrected chi connectivity index (χ2v) is 6.44. The summed E-state index contributed by atoms with van der Waals surface area (Å²) < 4.78 is 3.53. The summed E-state index contributed by atoms with van der Waals surface area (Å²) in [6.07, 6.45) is 3.35. The SMILES string of the molecule is CCCn1c(=O)n(CCC(=O)NC2CCCNC2)c2ccccc21.Cl. The molecule has 7 heteroatoms. The number of aromatic nitrogens is 2. The van der Waals surface area contributed by atoms with Gasteiger partial charge in [0, 0.05) is 32.1 Å². The van der Waals surface area contributed by atoms with Crippen LogP contribution in [0.3, 0.4) is 0 Å². The molecule has 0 saturated carbocycles. The topological polar surface area (TPSA) is 68.1 Å². The molecule has 0 bridgehead atoms. The summed E-state index contributed by atoms with van der Waals surface area (Å²) in [6.45, 7) is 5.04. The summed E-state index contributed by atoms with van der Waals surface area (Å²) >= 11 is 0. The van der Waals surface area contributed by atoms with Crippen molar-refractivity contribution in [2.24, 2.45) is 0 Å². The quantitative estimate of drug-likeness (QED) is 0.820. The van der Waals surface area contributed by atoms with Crippen LogP contribution in [0.1, 0.15) is 32.6 Å². The lowest BCUT2D eigenvalue weighted by Crippen LogP contribution is -2.45. The molecule has 2 aromatic rings. The van der Waals surface area contributed by atoms with Crippen LogP contribution in [-0.4, -0.2) is 34.2 Å². The number of nitrogens with zero attached hydrogens (tertiary/aromatic N) is 2. The minimum atomic E-state index is -0.0230. The van der Waals surface area contributed by atoms with E-state index in [0.29, 0.717) is 19.5 Å². The van der Waals surface area contributed by atoms with E-state index in [1.807, 2.05) is 24.3 Å². The Bertz CT molecular complexity index is 762. The van der Waals surface area contributed by atoms with Crippen molar-refractivity contribution in [3.63, 3.8) is 0 Å². The zero-order chi connectivity index (χ0) is 16.9. The van der Waals surface area contributed by atoms with Crippen LogP contribution < -0.4 is 16.3 Å². The molecule has 25 heavy (non-hydrogen) atoms. The van der Waals surface area contributed by atoms with E-state index in [9.17, 15) is 9.59 Å². The Labute approximate surface area is 154 Å². The molecule has 1 aliphatic rings. The van der Waals surface area contributed by atoms with Gasteiger partial charge in [-0.3, -0.25) is 13.9 Å². The molecule has 1 unspecified atom stereocenters. The third kappa shape index (κ3) is 4.44. The number of benzene rings is 1. The lowest BCUT2D eigenvalue weighted by molar-refractivity contribution is -0.122. The molecule has 1 atom stereocenters. The van der Waals surface area contributed by atoms with Crippen LogP contribution >= 0.6 is 12.4 Å². The van der Waals surface area contributed by atoms with Gasteiger partial charge in [-0.25, -0.2) is 4.79 Å². The van der Waals surface area contributed by atoms with Crippen molar-refractivity contribution in [1.82, 2.24) is 19.8 Å². The van der Waals surface area contributed by atoms with Crippen LogP contribution in [0.2, 0.25) is 0 Å². The van der Waals surface area contributed by atoms with Crippen molar-refractivity contribution < 1.29 is 4.79 Å². The van der Waals surface area contributed by atoms with Crippen molar-refractivity contribution in [3.05, 3.63) is 34.7 Å². The number of hydrogen-bond donors (Lipinski definition) is 2. The minimum absolute atomic E-state index is 0. The molecular weight excluding hydrogens is 340 g/mol. The van der Waals surface area contributed by atoms with E-state index in [0.717, 1.165) is 43.4 Å². The molecule has 0 radical (unpaired) electrons.